The number of nitrogens with one attached hydrogen (secondary N) is 3. The fourth-order valence-corrected chi connectivity index (χ4v) is 3.15. The maximum Gasteiger partial charge on any atom is 0.251 e. The van der Waals surface area contributed by atoms with Gasteiger partial charge in [-0.05, 0) is 56.7 Å². The van der Waals surface area contributed by atoms with E-state index < -0.39 is 0 Å². The van der Waals surface area contributed by atoms with E-state index in [1.165, 1.54) is 0 Å². The van der Waals surface area contributed by atoms with Crippen LogP contribution >= 0.6 is 24.0 Å². The third-order valence-corrected chi connectivity index (χ3v) is 4.83. The zero-order valence-corrected chi connectivity index (χ0v) is 19.4. The molecule has 1 aliphatic rings. The van der Waals surface area contributed by atoms with Crippen LogP contribution in [-0.2, 0) is 6.54 Å². The molecule has 0 heterocycles. The summed E-state index contributed by atoms with van der Waals surface area (Å²) in [5.41, 5.74) is 1.75. The number of rotatable bonds is 8. The second-order valence-electron chi connectivity index (χ2n) is 7.15. The van der Waals surface area contributed by atoms with Crippen molar-refractivity contribution in [1.29, 1.82) is 0 Å². The van der Waals surface area contributed by atoms with Crippen LogP contribution in [0.25, 0.3) is 0 Å². The number of carbonyl (C=O) groups is 1. The van der Waals surface area contributed by atoms with Crippen molar-refractivity contribution in [2.45, 2.75) is 71.1 Å². The van der Waals surface area contributed by atoms with Gasteiger partial charge in [0.2, 0.25) is 0 Å². The highest BCUT2D eigenvalue weighted by atomic mass is 127. The topological polar surface area (TPSA) is 85.8 Å². The molecule has 0 unspecified atom stereocenters. The van der Waals surface area contributed by atoms with E-state index in [-0.39, 0.29) is 36.0 Å². The summed E-state index contributed by atoms with van der Waals surface area (Å²) in [6.45, 7) is 6.24. The number of guanidine groups is 1. The second-order valence-corrected chi connectivity index (χ2v) is 7.15. The number of carbonyl (C=O) groups excluding carboxylic acids is 1. The Labute approximate surface area is 186 Å². The number of amides is 1. The second kappa shape index (κ2) is 13.8. The van der Waals surface area contributed by atoms with Crippen molar-refractivity contribution < 1.29 is 9.90 Å². The molecule has 1 saturated carbocycles. The van der Waals surface area contributed by atoms with Crippen molar-refractivity contribution >= 4 is 35.8 Å². The number of unbranched alkanes of at least 4 members (excludes halogenated alkanes) is 1. The van der Waals surface area contributed by atoms with Crippen LogP contribution in [0.5, 0.6) is 0 Å². The van der Waals surface area contributed by atoms with E-state index in [1.54, 1.807) is 0 Å². The predicted molar refractivity (Wildman–Crippen MR) is 125 cm³/mol. The van der Waals surface area contributed by atoms with Crippen molar-refractivity contribution in [3.8, 4) is 0 Å². The largest absolute Gasteiger partial charge is 0.393 e. The van der Waals surface area contributed by atoms with Gasteiger partial charge in [0.15, 0.2) is 5.96 Å². The van der Waals surface area contributed by atoms with Crippen molar-refractivity contribution in [2.24, 2.45) is 4.99 Å². The molecule has 28 heavy (non-hydrogen) atoms. The fraction of sp³-hybridized carbons (Fsp3) is 0.619. The first-order valence-electron chi connectivity index (χ1n) is 10.2. The van der Waals surface area contributed by atoms with Gasteiger partial charge in [0.05, 0.1) is 12.6 Å². The highest BCUT2D eigenvalue weighted by Gasteiger charge is 2.19. The van der Waals surface area contributed by atoms with Crippen LogP contribution in [0.4, 0.5) is 0 Å². The highest BCUT2D eigenvalue weighted by Crippen LogP contribution is 2.18. The van der Waals surface area contributed by atoms with Crippen LogP contribution in [0.15, 0.2) is 29.3 Å². The van der Waals surface area contributed by atoms with Gasteiger partial charge in [0, 0.05) is 24.7 Å². The molecule has 0 saturated heterocycles. The van der Waals surface area contributed by atoms with Crippen molar-refractivity contribution in [3.63, 3.8) is 0 Å². The summed E-state index contributed by atoms with van der Waals surface area (Å²) in [5, 5.41) is 19.3. The van der Waals surface area contributed by atoms with Crippen LogP contribution in [0.2, 0.25) is 0 Å². The SMILES string of the molecule is CCCCNC(=O)c1ccc(CN=C(NCC)NC2CCC(O)CC2)cc1.I. The first-order chi connectivity index (χ1) is 13.1. The maximum atomic E-state index is 12.1. The van der Waals surface area contributed by atoms with Crippen molar-refractivity contribution in [2.75, 3.05) is 13.1 Å². The molecule has 2 rings (SSSR count). The number of benzene rings is 1. The molecule has 0 spiro atoms. The van der Waals surface area contributed by atoms with Gasteiger partial charge in [-0.2, -0.15) is 0 Å². The summed E-state index contributed by atoms with van der Waals surface area (Å²) in [4.78, 5) is 16.7. The first kappa shape index (κ1) is 24.7. The lowest BCUT2D eigenvalue weighted by Crippen LogP contribution is -2.45. The molecule has 0 aromatic heterocycles. The minimum Gasteiger partial charge on any atom is -0.393 e. The molecule has 1 fully saturated rings. The fourth-order valence-electron chi connectivity index (χ4n) is 3.15. The Morgan fingerprint density at radius 2 is 1.79 bits per heavy atom. The normalized spacial score (nSPS) is 19.5. The quantitative estimate of drug-likeness (QED) is 0.190. The highest BCUT2D eigenvalue weighted by molar-refractivity contribution is 14.0. The number of nitrogens with zero attached hydrogens (tertiary/aromatic N) is 1. The van der Waals surface area contributed by atoms with Gasteiger partial charge in [-0.25, -0.2) is 4.99 Å². The molecule has 0 atom stereocenters. The average Bonchev–Trinajstić information content (AvgIpc) is 2.68. The summed E-state index contributed by atoms with van der Waals surface area (Å²) in [6, 6.07) is 7.99. The number of halogens is 1. The molecule has 1 amide bonds. The molecule has 7 heteroatoms. The van der Waals surface area contributed by atoms with E-state index >= 15 is 0 Å². The van der Waals surface area contributed by atoms with Crippen molar-refractivity contribution in [1.82, 2.24) is 16.0 Å². The first-order valence-corrected chi connectivity index (χ1v) is 10.2. The molecule has 0 aliphatic heterocycles. The van der Waals surface area contributed by atoms with Crippen molar-refractivity contribution in [3.05, 3.63) is 35.4 Å². The van der Waals surface area contributed by atoms with Gasteiger partial charge in [-0.1, -0.05) is 25.5 Å². The molecule has 1 aliphatic carbocycles. The van der Waals surface area contributed by atoms with Gasteiger partial charge < -0.3 is 21.1 Å². The Morgan fingerprint density at radius 1 is 1.11 bits per heavy atom. The third-order valence-electron chi connectivity index (χ3n) is 4.83. The zero-order valence-electron chi connectivity index (χ0n) is 17.0. The lowest BCUT2D eigenvalue weighted by atomic mass is 9.93. The Bertz CT molecular complexity index is 599. The zero-order chi connectivity index (χ0) is 19.5. The standard InChI is InChI=1S/C21H34N4O2.HI/c1-3-5-14-23-20(27)17-8-6-16(7-9-17)15-24-21(22-4-2)25-18-10-12-19(26)13-11-18;/h6-9,18-19,26H,3-5,10-15H2,1-2H3,(H,23,27)(H2,22,24,25);1H. The van der Waals surface area contributed by atoms with Gasteiger partial charge >= 0.3 is 0 Å². The lowest BCUT2D eigenvalue weighted by Gasteiger charge is -2.27. The Balaban J connectivity index is 0.00000392. The number of hydrogen-bond acceptors (Lipinski definition) is 3. The predicted octanol–water partition coefficient (Wildman–Crippen LogP) is 3.19. The summed E-state index contributed by atoms with van der Waals surface area (Å²) in [5.74, 6) is 0.785. The van der Waals surface area contributed by atoms with Crippen LogP contribution in [-0.4, -0.2) is 42.2 Å². The van der Waals surface area contributed by atoms with E-state index in [1.807, 2.05) is 31.2 Å². The summed E-state index contributed by atoms with van der Waals surface area (Å²) in [6.07, 6.45) is 5.54. The van der Waals surface area contributed by atoms with Crippen LogP contribution in [0, 0.1) is 0 Å². The molecule has 0 radical (unpaired) electrons. The number of hydrogen-bond donors (Lipinski definition) is 4. The molecule has 1 aromatic rings. The van der Waals surface area contributed by atoms with Crippen LogP contribution < -0.4 is 16.0 Å². The smallest absolute Gasteiger partial charge is 0.251 e. The van der Waals surface area contributed by atoms with Gasteiger partial charge in [-0.3, -0.25) is 4.79 Å². The van der Waals surface area contributed by atoms with Crippen LogP contribution in [0.3, 0.4) is 0 Å². The minimum atomic E-state index is -0.153. The van der Waals surface area contributed by atoms with Gasteiger partial charge in [0.1, 0.15) is 0 Å². The van der Waals surface area contributed by atoms with E-state index in [0.717, 1.165) is 63.1 Å². The average molecular weight is 502 g/mol. The van der Waals surface area contributed by atoms with Gasteiger partial charge in [0.25, 0.3) is 5.91 Å². The number of aliphatic imine (C=N–C) groups is 1. The van der Waals surface area contributed by atoms with Gasteiger partial charge in [-0.15, -0.1) is 24.0 Å². The Hall–Kier alpha value is -1.35. The number of aliphatic hydroxyl groups excluding tert-OH is 1. The molecule has 6 nitrogen and oxygen atoms in total. The minimum absolute atomic E-state index is 0. The molecular formula is C21H35IN4O2. The monoisotopic (exact) mass is 502 g/mol. The summed E-state index contributed by atoms with van der Waals surface area (Å²) >= 11 is 0. The van der Waals surface area contributed by atoms with E-state index in [2.05, 4.69) is 27.9 Å². The molecule has 4 N–H and O–H groups in total. The Kier molecular flexibility index (Phi) is 12.1. The summed E-state index contributed by atoms with van der Waals surface area (Å²) in [7, 11) is 0. The van der Waals surface area contributed by atoms with E-state index in [0.29, 0.717) is 18.2 Å². The van der Waals surface area contributed by atoms with E-state index in [4.69, 9.17) is 0 Å². The summed E-state index contributed by atoms with van der Waals surface area (Å²) < 4.78 is 0. The van der Waals surface area contributed by atoms with Crippen LogP contribution in [0.1, 0.15) is 68.3 Å². The van der Waals surface area contributed by atoms with E-state index in [9.17, 15) is 9.90 Å². The number of aliphatic hydroxyl groups is 1. The maximum absolute atomic E-state index is 12.1. The Morgan fingerprint density at radius 3 is 2.39 bits per heavy atom. The molecule has 0 bridgehead atoms. The lowest BCUT2D eigenvalue weighted by molar-refractivity contribution is 0.0953. The molecule has 1 aromatic carbocycles. The molecule has 158 valence electrons. The third kappa shape index (κ3) is 8.77. The molecular weight excluding hydrogens is 467 g/mol.